The highest BCUT2D eigenvalue weighted by Crippen LogP contribution is 2.40. The first-order valence-electron chi connectivity index (χ1n) is 9.03. The van der Waals surface area contributed by atoms with Crippen molar-refractivity contribution in [3.63, 3.8) is 0 Å². The fraction of sp³-hybridized carbons (Fsp3) is 0.632. The Kier molecular flexibility index (Phi) is 5.37. The number of amides is 2. The van der Waals surface area contributed by atoms with Gasteiger partial charge in [0.2, 0.25) is 5.91 Å². The van der Waals surface area contributed by atoms with Crippen LogP contribution in [0.25, 0.3) is 0 Å². The van der Waals surface area contributed by atoms with Crippen molar-refractivity contribution in [3.8, 4) is 0 Å². The van der Waals surface area contributed by atoms with E-state index in [2.05, 4.69) is 10.3 Å². The van der Waals surface area contributed by atoms with E-state index >= 15 is 0 Å². The molecule has 0 spiro atoms. The van der Waals surface area contributed by atoms with Gasteiger partial charge in [-0.25, -0.2) is 0 Å². The number of aromatic nitrogens is 1. The Morgan fingerprint density at radius 1 is 1.36 bits per heavy atom. The minimum atomic E-state index is -0.197. The summed E-state index contributed by atoms with van der Waals surface area (Å²) >= 11 is 0. The number of aryl methyl sites for hydroxylation is 1. The highest BCUT2D eigenvalue weighted by Gasteiger charge is 2.41. The summed E-state index contributed by atoms with van der Waals surface area (Å²) in [6.45, 7) is 3.34. The monoisotopic (exact) mass is 345 g/mol. The maximum atomic E-state index is 12.8. The van der Waals surface area contributed by atoms with Crippen LogP contribution in [0.5, 0.6) is 0 Å². The molecule has 1 aliphatic carbocycles. The number of hydrogen-bond donors (Lipinski definition) is 1. The van der Waals surface area contributed by atoms with Gasteiger partial charge in [0.05, 0.1) is 5.56 Å². The van der Waals surface area contributed by atoms with Crippen molar-refractivity contribution in [2.75, 3.05) is 26.8 Å². The largest absolute Gasteiger partial charge is 0.375 e. The minimum absolute atomic E-state index is 0.0360. The van der Waals surface area contributed by atoms with E-state index in [1.165, 1.54) is 20.0 Å². The Balaban J connectivity index is 1.65. The van der Waals surface area contributed by atoms with E-state index in [4.69, 9.17) is 4.74 Å². The first-order chi connectivity index (χ1) is 12.0. The molecule has 25 heavy (non-hydrogen) atoms. The van der Waals surface area contributed by atoms with E-state index in [9.17, 15) is 9.59 Å². The zero-order chi connectivity index (χ0) is 17.9. The second-order valence-corrected chi connectivity index (χ2v) is 7.39. The van der Waals surface area contributed by atoms with E-state index < -0.39 is 0 Å². The third-order valence-electron chi connectivity index (χ3n) is 5.33. The molecule has 1 aliphatic heterocycles. The van der Waals surface area contributed by atoms with Crippen molar-refractivity contribution in [2.45, 2.75) is 44.6 Å². The zero-order valence-electron chi connectivity index (χ0n) is 15.1. The predicted molar refractivity (Wildman–Crippen MR) is 94.2 cm³/mol. The fourth-order valence-corrected chi connectivity index (χ4v) is 3.71. The zero-order valence-corrected chi connectivity index (χ0v) is 15.1. The molecule has 6 heteroatoms. The van der Waals surface area contributed by atoms with Crippen molar-refractivity contribution in [2.24, 2.45) is 5.92 Å². The lowest BCUT2D eigenvalue weighted by molar-refractivity contribution is -0.127. The van der Waals surface area contributed by atoms with Gasteiger partial charge in [0, 0.05) is 38.1 Å². The van der Waals surface area contributed by atoms with Gasteiger partial charge in [-0.1, -0.05) is 12.8 Å². The summed E-state index contributed by atoms with van der Waals surface area (Å²) in [7, 11) is 1.53. The molecule has 2 fully saturated rings. The maximum absolute atomic E-state index is 12.8. The molecule has 0 atom stereocenters. The molecule has 0 radical (unpaired) electrons. The number of carbonyl (C=O) groups is 2. The second-order valence-electron chi connectivity index (χ2n) is 7.39. The fourth-order valence-electron chi connectivity index (χ4n) is 3.71. The molecule has 1 saturated heterocycles. The molecule has 2 heterocycles. The number of nitrogens with zero attached hydrogens (tertiary/aromatic N) is 2. The molecule has 1 aromatic rings. The second kappa shape index (κ2) is 7.52. The van der Waals surface area contributed by atoms with Crippen LogP contribution >= 0.6 is 0 Å². The molecular weight excluding hydrogens is 318 g/mol. The van der Waals surface area contributed by atoms with E-state index in [0.29, 0.717) is 24.6 Å². The van der Waals surface area contributed by atoms with Crippen LogP contribution < -0.4 is 5.32 Å². The van der Waals surface area contributed by atoms with Gasteiger partial charge in [-0.2, -0.15) is 0 Å². The van der Waals surface area contributed by atoms with E-state index in [1.807, 2.05) is 17.9 Å². The summed E-state index contributed by atoms with van der Waals surface area (Å²) in [5.74, 6) is 0.686. The number of pyridine rings is 1. The van der Waals surface area contributed by atoms with Crippen molar-refractivity contribution < 1.29 is 14.3 Å². The van der Waals surface area contributed by atoms with Crippen LogP contribution in [0.1, 0.15) is 48.0 Å². The van der Waals surface area contributed by atoms with Crippen molar-refractivity contribution in [1.82, 2.24) is 15.2 Å². The van der Waals surface area contributed by atoms with Gasteiger partial charge >= 0.3 is 0 Å². The Hall–Kier alpha value is -1.95. The highest BCUT2D eigenvalue weighted by molar-refractivity contribution is 5.95. The topological polar surface area (TPSA) is 71.5 Å². The molecule has 136 valence electrons. The van der Waals surface area contributed by atoms with E-state index in [1.54, 1.807) is 12.4 Å². The number of carbonyl (C=O) groups excluding carboxylic acids is 2. The summed E-state index contributed by atoms with van der Waals surface area (Å²) < 4.78 is 4.96. The summed E-state index contributed by atoms with van der Waals surface area (Å²) in [5.41, 5.74) is 1.42. The molecule has 0 unspecified atom stereocenters. The SMILES string of the molecule is COCC(=O)NC1(CC2CC2)CCN(C(=O)c2cnccc2C)CC1. The smallest absolute Gasteiger partial charge is 0.255 e. The van der Waals surface area contributed by atoms with Gasteiger partial charge in [-0.3, -0.25) is 14.6 Å². The lowest BCUT2D eigenvalue weighted by Crippen LogP contribution is -2.57. The van der Waals surface area contributed by atoms with Crippen LogP contribution in [0, 0.1) is 12.8 Å². The third-order valence-corrected chi connectivity index (χ3v) is 5.33. The van der Waals surface area contributed by atoms with Crippen LogP contribution in [0.4, 0.5) is 0 Å². The molecule has 1 aromatic heterocycles. The van der Waals surface area contributed by atoms with Gasteiger partial charge in [-0.15, -0.1) is 0 Å². The molecule has 2 amide bonds. The summed E-state index contributed by atoms with van der Waals surface area (Å²) in [6.07, 6.45) is 8.45. The number of likely N-dealkylation sites (tertiary alicyclic amines) is 1. The van der Waals surface area contributed by atoms with Crippen LogP contribution in [-0.4, -0.2) is 54.0 Å². The van der Waals surface area contributed by atoms with Gasteiger partial charge in [0.25, 0.3) is 5.91 Å². The number of hydrogen-bond acceptors (Lipinski definition) is 4. The molecule has 0 bridgehead atoms. The summed E-state index contributed by atoms with van der Waals surface area (Å²) in [5, 5.41) is 3.20. The lowest BCUT2D eigenvalue weighted by atomic mass is 9.82. The molecule has 0 aromatic carbocycles. The molecule has 2 aliphatic rings. The quantitative estimate of drug-likeness (QED) is 0.855. The minimum Gasteiger partial charge on any atom is -0.375 e. The molecular formula is C19H27N3O3. The first kappa shape index (κ1) is 17.9. The Morgan fingerprint density at radius 2 is 2.08 bits per heavy atom. The van der Waals surface area contributed by atoms with Crippen LogP contribution in [0.3, 0.4) is 0 Å². The van der Waals surface area contributed by atoms with E-state index in [-0.39, 0.29) is 24.0 Å². The maximum Gasteiger partial charge on any atom is 0.255 e. The number of nitrogens with one attached hydrogen (secondary N) is 1. The molecule has 1 saturated carbocycles. The van der Waals surface area contributed by atoms with Gasteiger partial charge in [0.15, 0.2) is 0 Å². The van der Waals surface area contributed by atoms with E-state index in [0.717, 1.165) is 24.8 Å². The Morgan fingerprint density at radius 3 is 2.68 bits per heavy atom. The number of piperidine rings is 1. The van der Waals surface area contributed by atoms with Crippen molar-refractivity contribution >= 4 is 11.8 Å². The number of methoxy groups -OCH3 is 1. The summed E-state index contributed by atoms with van der Waals surface area (Å²) in [6, 6.07) is 1.86. The number of ether oxygens (including phenoxy) is 1. The average molecular weight is 345 g/mol. The normalized spacial score (nSPS) is 19.5. The number of rotatable bonds is 6. The highest BCUT2D eigenvalue weighted by atomic mass is 16.5. The van der Waals surface area contributed by atoms with Crippen molar-refractivity contribution in [3.05, 3.63) is 29.6 Å². The van der Waals surface area contributed by atoms with Crippen LogP contribution in [0.2, 0.25) is 0 Å². The third kappa shape index (κ3) is 4.37. The standard InChI is InChI=1S/C19H27N3O3/c1-14-5-8-20-12-16(14)18(24)22-9-6-19(7-10-22,11-15-3-4-15)21-17(23)13-25-2/h5,8,12,15H,3-4,6-7,9-11,13H2,1-2H3,(H,21,23). The summed E-state index contributed by atoms with van der Waals surface area (Å²) in [4.78, 5) is 30.8. The lowest BCUT2D eigenvalue weighted by Gasteiger charge is -2.42. The Bertz CT molecular complexity index is 635. The molecule has 6 nitrogen and oxygen atoms in total. The Labute approximate surface area is 148 Å². The predicted octanol–water partition coefficient (Wildman–Crippen LogP) is 1.93. The molecule has 1 N–H and O–H groups in total. The molecule has 3 rings (SSSR count). The van der Waals surface area contributed by atoms with Gasteiger partial charge < -0.3 is 15.0 Å². The average Bonchev–Trinajstić information content (AvgIpc) is 3.39. The van der Waals surface area contributed by atoms with Gasteiger partial charge in [-0.05, 0) is 43.7 Å². The van der Waals surface area contributed by atoms with Crippen LogP contribution in [0.15, 0.2) is 18.5 Å². The van der Waals surface area contributed by atoms with Gasteiger partial charge in [0.1, 0.15) is 6.61 Å². The first-order valence-corrected chi connectivity index (χ1v) is 9.03. The van der Waals surface area contributed by atoms with Crippen LogP contribution in [-0.2, 0) is 9.53 Å². The van der Waals surface area contributed by atoms with Crippen molar-refractivity contribution in [1.29, 1.82) is 0 Å².